The van der Waals surface area contributed by atoms with Crippen LogP contribution < -0.4 is 5.73 Å². The van der Waals surface area contributed by atoms with Gasteiger partial charge >= 0.3 is 5.97 Å². The van der Waals surface area contributed by atoms with Crippen molar-refractivity contribution in [3.05, 3.63) is 29.8 Å². The highest BCUT2D eigenvalue weighted by atomic mass is 32.2. The van der Waals surface area contributed by atoms with Gasteiger partial charge in [-0.15, -0.1) is 11.8 Å². The minimum Gasteiger partial charge on any atom is -0.480 e. The zero-order chi connectivity index (χ0) is 10.6. The van der Waals surface area contributed by atoms with Crippen molar-refractivity contribution in [3.8, 4) is 0 Å². The highest BCUT2D eigenvalue weighted by Gasteiger charge is 2.10. The summed E-state index contributed by atoms with van der Waals surface area (Å²) in [6, 6.07) is 7.47. The summed E-state index contributed by atoms with van der Waals surface area (Å²) in [5.74, 6) is -0.0706. The van der Waals surface area contributed by atoms with Gasteiger partial charge < -0.3 is 10.8 Å². The summed E-state index contributed by atoms with van der Waals surface area (Å²) in [5, 5.41) is 8.30. The van der Waals surface area contributed by atoms with Crippen molar-refractivity contribution in [2.24, 2.45) is 0 Å². The van der Waals surface area contributed by atoms with Crippen LogP contribution in [0, 0.1) is 0 Å². The molecule has 0 bridgehead atoms. The fourth-order valence-corrected chi connectivity index (χ4v) is 1.68. The van der Waals surface area contributed by atoms with Crippen molar-refractivity contribution in [1.82, 2.24) is 0 Å². The number of carboxylic acid groups (broad SMARTS) is 1. The van der Waals surface area contributed by atoms with Gasteiger partial charge in [0.05, 0.1) is 5.25 Å². The predicted molar refractivity (Wildman–Crippen MR) is 59.2 cm³/mol. The smallest absolute Gasteiger partial charge is 0.316 e. The number of carboxylic acids is 1. The molecule has 0 saturated heterocycles. The second-order valence-corrected chi connectivity index (χ2v) is 4.36. The van der Waals surface area contributed by atoms with E-state index < -0.39 is 5.97 Å². The average molecular weight is 211 g/mol. The van der Waals surface area contributed by atoms with Crippen molar-refractivity contribution < 1.29 is 9.90 Å². The van der Waals surface area contributed by atoms with Crippen LogP contribution in [0.1, 0.15) is 12.5 Å². The van der Waals surface area contributed by atoms with Crippen LogP contribution in [0.3, 0.4) is 0 Å². The van der Waals surface area contributed by atoms with Gasteiger partial charge in [0.1, 0.15) is 0 Å². The molecular weight excluding hydrogens is 198 g/mol. The molecule has 14 heavy (non-hydrogen) atoms. The van der Waals surface area contributed by atoms with E-state index in [4.69, 9.17) is 10.8 Å². The number of anilines is 1. The molecule has 0 saturated carbocycles. The van der Waals surface area contributed by atoms with Crippen LogP contribution in [0.25, 0.3) is 0 Å². The topological polar surface area (TPSA) is 63.3 Å². The quantitative estimate of drug-likeness (QED) is 0.747. The first-order valence-corrected chi connectivity index (χ1v) is 5.33. The Kier molecular flexibility index (Phi) is 3.83. The number of nitrogens with two attached hydrogens (primary N) is 1. The first kappa shape index (κ1) is 10.9. The largest absolute Gasteiger partial charge is 0.480 e. The standard InChI is InChI=1S/C10H13NO2S/c1-7(10(12)13)14-6-8-2-4-9(11)5-3-8/h2-5,7H,6,11H2,1H3,(H,12,13). The van der Waals surface area contributed by atoms with Crippen molar-refractivity contribution in [1.29, 1.82) is 0 Å². The van der Waals surface area contributed by atoms with Crippen LogP contribution in [0.2, 0.25) is 0 Å². The number of rotatable bonds is 4. The maximum Gasteiger partial charge on any atom is 0.316 e. The third-order valence-corrected chi connectivity index (χ3v) is 3.03. The summed E-state index contributed by atoms with van der Waals surface area (Å²) >= 11 is 1.40. The molecule has 1 unspecified atom stereocenters. The Morgan fingerprint density at radius 2 is 2.07 bits per heavy atom. The van der Waals surface area contributed by atoms with Gasteiger partial charge in [-0.3, -0.25) is 4.79 Å². The molecule has 1 atom stereocenters. The summed E-state index contributed by atoms with van der Waals surface area (Å²) in [4.78, 5) is 10.5. The lowest BCUT2D eigenvalue weighted by Gasteiger charge is -2.05. The zero-order valence-electron chi connectivity index (χ0n) is 7.93. The fraction of sp³-hybridized carbons (Fsp3) is 0.300. The number of aliphatic carboxylic acids is 1. The lowest BCUT2D eigenvalue weighted by molar-refractivity contribution is -0.136. The summed E-state index contributed by atoms with van der Waals surface area (Å²) in [6.07, 6.45) is 0. The summed E-state index contributed by atoms with van der Waals surface area (Å²) in [7, 11) is 0. The Bertz CT molecular complexity index is 310. The Hall–Kier alpha value is -1.16. The molecule has 0 fully saturated rings. The summed E-state index contributed by atoms with van der Waals surface area (Å²) < 4.78 is 0. The van der Waals surface area contributed by atoms with Gasteiger partial charge in [-0.1, -0.05) is 12.1 Å². The predicted octanol–water partition coefficient (Wildman–Crippen LogP) is 1.98. The van der Waals surface area contributed by atoms with E-state index in [1.54, 1.807) is 6.92 Å². The van der Waals surface area contributed by atoms with Crippen LogP contribution in [0.4, 0.5) is 5.69 Å². The number of benzene rings is 1. The van der Waals surface area contributed by atoms with Gasteiger partial charge in [-0.2, -0.15) is 0 Å². The van der Waals surface area contributed by atoms with E-state index >= 15 is 0 Å². The molecule has 4 heteroatoms. The molecular formula is C10H13NO2S. The lowest BCUT2D eigenvalue weighted by Crippen LogP contribution is -2.11. The molecule has 0 radical (unpaired) electrons. The van der Waals surface area contributed by atoms with E-state index in [1.807, 2.05) is 24.3 Å². The summed E-state index contributed by atoms with van der Waals surface area (Å²) in [5.41, 5.74) is 7.35. The third kappa shape index (κ3) is 3.30. The molecule has 0 heterocycles. The molecule has 3 N–H and O–H groups in total. The van der Waals surface area contributed by atoms with E-state index in [2.05, 4.69) is 0 Å². The number of nitrogen functional groups attached to an aromatic ring is 1. The van der Waals surface area contributed by atoms with Gasteiger partial charge in [0.2, 0.25) is 0 Å². The molecule has 0 aliphatic rings. The molecule has 0 spiro atoms. The Morgan fingerprint density at radius 1 is 1.50 bits per heavy atom. The third-order valence-electron chi connectivity index (χ3n) is 1.83. The molecule has 3 nitrogen and oxygen atoms in total. The van der Waals surface area contributed by atoms with Gasteiger partial charge in [0.15, 0.2) is 0 Å². The van der Waals surface area contributed by atoms with Crippen LogP contribution in [0.5, 0.6) is 0 Å². The molecule has 0 aliphatic heterocycles. The molecule has 1 aromatic rings. The second-order valence-electron chi connectivity index (χ2n) is 3.03. The van der Waals surface area contributed by atoms with E-state index in [0.717, 1.165) is 11.3 Å². The first-order valence-electron chi connectivity index (χ1n) is 4.28. The highest BCUT2D eigenvalue weighted by Crippen LogP contribution is 2.18. The van der Waals surface area contributed by atoms with Crippen molar-refractivity contribution in [3.63, 3.8) is 0 Å². The van der Waals surface area contributed by atoms with E-state index in [-0.39, 0.29) is 5.25 Å². The number of thioether (sulfide) groups is 1. The van der Waals surface area contributed by atoms with Crippen molar-refractivity contribution >= 4 is 23.4 Å². The number of hydrogen-bond acceptors (Lipinski definition) is 3. The number of carbonyl (C=O) groups is 1. The Morgan fingerprint density at radius 3 is 2.57 bits per heavy atom. The van der Waals surface area contributed by atoms with Gasteiger partial charge in [-0.05, 0) is 24.6 Å². The van der Waals surface area contributed by atoms with Crippen molar-refractivity contribution in [2.75, 3.05) is 5.73 Å². The zero-order valence-corrected chi connectivity index (χ0v) is 8.75. The van der Waals surface area contributed by atoms with E-state index in [1.165, 1.54) is 11.8 Å². The normalized spacial score (nSPS) is 12.4. The molecule has 1 rings (SSSR count). The van der Waals surface area contributed by atoms with Crippen LogP contribution in [-0.2, 0) is 10.5 Å². The van der Waals surface area contributed by atoms with Crippen LogP contribution in [-0.4, -0.2) is 16.3 Å². The molecule has 76 valence electrons. The van der Waals surface area contributed by atoms with Gasteiger partial charge in [-0.25, -0.2) is 0 Å². The number of hydrogen-bond donors (Lipinski definition) is 2. The molecule has 0 aromatic heterocycles. The van der Waals surface area contributed by atoms with Crippen molar-refractivity contribution in [2.45, 2.75) is 17.9 Å². The second kappa shape index (κ2) is 4.91. The SMILES string of the molecule is CC(SCc1ccc(N)cc1)C(=O)O. The average Bonchev–Trinajstić information content (AvgIpc) is 2.16. The van der Waals surface area contributed by atoms with Gasteiger partial charge in [0, 0.05) is 11.4 Å². The van der Waals surface area contributed by atoms with Crippen LogP contribution >= 0.6 is 11.8 Å². The minimum absolute atomic E-state index is 0.368. The van der Waals surface area contributed by atoms with E-state index in [9.17, 15) is 4.79 Å². The lowest BCUT2D eigenvalue weighted by atomic mass is 10.2. The highest BCUT2D eigenvalue weighted by molar-refractivity contribution is 7.99. The fourth-order valence-electron chi connectivity index (χ4n) is 0.906. The molecule has 1 aromatic carbocycles. The van der Waals surface area contributed by atoms with Crippen LogP contribution in [0.15, 0.2) is 24.3 Å². The maximum absolute atomic E-state index is 10.5. The Balaban J connectivity index is 2.46. The molecule has 0 amide bonds. The van der Waals surface area contributed by atoms with Gasteiger partial charge in [0.25, 0.3) is 0 Å². The van der Waals surface area contributed by atoms with E-state index in [0.29, 0.717) is 5.75 Å². The Labute approximate surface area is 87.3 Å². The monoisotopic (exact) mass is 211 g/mol. The first-order chi connectivity index (χ1) is 6.59. The molecule has 0 aliphatic carbocycles. The summed E-state index contributed by atoms with van der Waals surface area (Å²) in [6.45, 7) is 1.68. The minimum atomic E-state index is -0.773. The maximum atomic E-state index is 10.5.